The van der Waals surface area contributed by atoms with Gasteiger partial charge in [-0.3, -0.25) is 4.21 Å². The van der Waals surface area contributed by atoms with Crippen molar-refractivity contribution in [1.82, 2.24) is 15.0 Å². The number of benzene rings is 1. The number of carboxylic acid groups (broad SMARTS) is 1. The minimum atomic E-state index is -1.38. The van der Waals surface area contributed by atoms with Crippen LogP contribution < -0.4 is 21.1 Å². The summed E-state index contributed by atoms with van der Waals surface area (Å²) in [6, 6.07) is 6.98. The Hall–Kier alpha value is -4.06. The molecule has 230 valence electrons. The van der Waals surface area contributed by atoms with E-state index < -0.39 is 21.5 Å². The molecule has 0 saturated carbocycles. The number of amidine groups is 1. The molecule has 12 heteroatoms. The van der Waals surface area contributed by atoms with Crippen molar-refractivity contribution in [2.24, 2.45) is 22.4 Å². The van der Waals surface area contributed by atoms with E-state index in [1.807, 2.05) is 26.8 Å². The predicted molar refractivity (Wildman–Crippen MR) is 170 cm³/mol. The number of carbonyl (C=O) groups is 1. The molecule has 11 nitrogen and oxygen atoms in total. The number of aromatic nitrogens is 3. The summed E-state index contributed by atoms with van der Waals surface area (Å²) in [4.78, 5) is 31.4. The van der Waals surface area contributed by atoms with Gasteiger partial charge in [-0.25, -0.2) is 24.7 Å². The number of aromatic carboxylic acids is 1. The van der Waals surface area contributed by atoms with Crippen LogP contribution >= 0.6 is 0 Å². The van der Waals surface area contributed by atoms with E-state index in [0.717, 1.165) is 44.6 Å². The van der Waals surface area contributed by atoms with E-state index in [9.17, 15) is 9.00 Å². The first kappa shape index (κ1) is 31.9. The molecule has 1 atom stereocenters. The van der Waals surface area contributed by atoms with Crippen LogP contribution in [0.15, 0.2) is 57.9 Å². The molecule has 0 bridgehead atoms. The lowest BCUT2D eigenvalue weighted by Crippen LogP contribution is -2.34. The minimum absolute atomic E-state index is 0.190. The van der Waals surface area contributed by atoms with Crippen LogP contribution in [-0.4, -0.2) is 60.5 Å². The molecule has 1 aromatic carbocycles. The second-order valence-electron chi connectivity index (χ2n) is 11.8. The van der Waals surface area contributed by atoms with E-state index in [2.05, 4.69) is 24.8 Å². The number of anilines is 1. The molecule has 3 heterocycles. The van der Waals surface area contributed by atoms with E-state index >= 15 is 0 Å². The number of aliphatic imine (C=N–C) groups is 1. The highest BCUT2D eigenvalue weighted by Gasteiger charge is 2.26. The molecule has 2 aromatic heterocycles. The molecule has 0 radical (unpaired) electrons. The quantitative estimate of drug-likeness (QED) is 0.163. The van der Waals surface area contributed by atoms with Crippen LogP contribution in [0.1, 0.15) is 70.7 Å². The van der Waals surface area contributed by atoms with E-state index in [1.54, 1.807) is 32.0 Å². The minimum Gasteiger partial charge on any atom is -0.492 e. The smallest absolute Gasteiger partial charge is 0.337 e. The van der Waals surface area contributed by atoms with Gasteiger partial charge in [0.15, 0.2) is 5.82 Å². The topological polar surface area (TPSA) is 170 Å². The fraction of sp³-hybridized carbons (Fsp3) is 0.452. The third-order valence-electron chi connectivity index (χ3n) is 7.59. The van der Waals surface area contributed by atoms with Crippen molar-refractivity contribution >= 4 is 45.1 Å². The Morgan fingerprint density at radius 2 is 1.86 bits per heavy atom. The largest absolute Gasteiger partial charge is 0.492 e. The number of allylic oxidation sites excluding steroid dienone is 1. The number of hydrogen-bond donors (Lipinski definition) is 3. The molecule has 1 saturated heterocycles. The lowest BCUT2D eigenvalue weighted by molar-refractivity contribution is 0.0696. The number of carboxylic acids is 1. The van der Waals surface area contributed by atoms with E-state index in [1.165, 1.54) is 12.5 Å². The average molecular weight is 608 g/mol. The Kier molecular flexibility index (Phi) is 10.0. The van der Waals surface area contributed by atoms with Gasteiger partial charge in [0.1, 0.15) is 23.7 Å². The number of piperidine rings is 1. The molecular weight excluding hydrogens is 566 g/mol. The molecule has 1 unspecified atom stereocenters. The highest BCUT2D eigenvalue weighted by Crippen LogP contribution is 2.35. The molecule has 0 aliphatic carbocycles. The summed E-state index contributed by atoms with van der Waals surface area (Å²) < 4.78 is 19.3. The zero-order chi connectivity index (χ0) is 31.3. The molecular formula is C31H41N7O4S. The molecule has 1 aliphatic heterocycles. The average Bonchev–Trinajstić information content (AvgIpc) is 2.98. The number of hydrogen-bond acceptors (Lipinski definition) is 9. The van der Waals surface area contributed by atoms with Gasteiger partial charge in [-0.1, -0.05) is 0 Å². The summed E-state index contributed by atoms with van der Waals surface area (Å²) in [6.07, 6.45) is 6.76. The summed E-state index contributed by atoms with van der Waals surface area (Å²) in [7, 11) is -1.38. The summed E-state index contributed by atoms with van der Waals surface area (Å²) in [5, 5.41) is 9.72. The van der Waals surface area contributed by atoms with Crippen LogP contribution in [0.25, 0.3) is 10.9 Å². The summed E-state index contributed by atoms with van der Waals surface area (Å²) in [5.74, 6) is 1.58. The van der Waals surface area contributed by atoms with Crippen molar-refractivity contribution in [2.75, 3.05) is 24.6 Å². The van der Waals surface area contributed by atoms with Gasteiger partial charge in [-0.05, 0) is 84.4 Å². The number of nitrogens with two attached hydrogens (primary N) is 2. The summed E-state index contributed by atoms with van der Waals surface area (Å²) in [6.45, 7) is 11.6. The Labute approximate surface area is 254 Å². The highest BCUT2D eigenvalue weighted by molar-refractivity contribution is 7.86. The van der Waals surface area contributed by atoms with Crippen LogP contribution in [0.2, 0.25) is 0 Å². The Balaban J connectivity index is 1.44. The Bertz CT molecular complexity index is 1550. The van der Waals surface area contributed by atoms with E-state index in [-0.39, 0.29) is 11.4 Å². The lowest BCUT2D eigenvalue weighted by atomic mass is 9.92. The third-order valence-corrected chi connectivity index (χ3v) is 9.42. The maximum Gasteiger partial charge on any atom is 0.337 e. The van der Waals surface area contributed by atoms with E-state index in [0.29, 0.717) is 51.2 Å². The van der Waals surface area contributed by atoms with Crippen LogP contribution in [0.4, 0.5) is 11.6 Å². The highest BCUT2D eigenvalue weighted by atomic mass is 32.2. The van der Waals surface area contributed by atoms with Crippen molar-refractivity contribution in [3.05, 3.63) is 53.6 Å². The third kappa shape index (κ3) is 7.86. The van der Waals surface area contributed by atoms with Gasteiger partial charge in [0, 0.05) is 46.8 Å². The number of ether oxygens (including phenoxy) is 1. The van der Waals surface area contributed by atoms with Crippen LogP contribution in [-0.2, 0) is 10.8 Å². The van der Waals surface area contributed by atoms with Crippen molar-refractivity contribution in [3.8, 4) is 5.75 Å². The monoisotopic (exact) mass is 607 g/mol. The molecule has 4 rings (SSSR count). The normalized spacial score (nSPS) is 16.2. The molecule has 43 heavy (non-hydrogen) atoms. The Morgan fingerprint density at radius 1 is 1.14 bits per heavy atom. The van der Waals surface area contributed by atoms with Gasteiger partial charge in [-0.2, -0.15) is 0 Å². The van der Waals surface area contributed by atoms with Gasteiger partial charge in [0.25, 0.3) is 0 Å². The maximum atomic E-state index is 13.6. The first-order valence-electron chi connectivity index (χ1n) is 14.4. The number of rotatable bonds is 10. The Morgan fingerprint density at radius 3 is 2.47 bits per heavy atom. The first-order valence-corrected chi connectivity index (χ1v) is 15.6. The fourth-order valence-electron chi connectivity index (χ4n) is 4.83. The molecule has 1 fully saturated rings. The SMILES string of the molecule is CC(N)=C(C)C(N)=Nc1ncnc2cc(OCCCC3CCN(c4ccc(C(=O)O)cn4)CC3)c(S(=O)C(C)(C)C)cc12. The zero-order valence-corrected chi connectivity index (χ0v) is 26.3. The molecule has 0 amide bonds. The molecule has 0 spiro atoms. The van der Waals surface area contributed by atoms with Crippen LogP contribution in [0, 0.1) is 5.92 Å². The second kappa shape index (κ2) is 13.5. The van der Waals surface area contributed by atoms with Crippen LogP contribution in [0.5, 0.6) is 5.75 Å². The standard InChI is InChI=1S/C31H41N7O4S/c1-19(20(2)32)28(33)37-29-23-15-26(43(41)31(3,4)5)25(16-24(23)35-18-36-29)42-14-6-7-21-10-12-38(13-11-21)27-9-8-22(17-34-27)30(39)40/h8-9,15-18,21H,6-7,10-14,32H2,1-5H3,(H,39,40)(H2,33,35,36,37). The molecule has 3 aromatic rings. The second-order valence-corrected chi connectivity index (χ2v) is 14.0. The lowest BCUT2D eigenvalue weighted by Gasteiger charge is -2.32. The number of pyridine rings is 1. The van der Waals surface area contributed by atoms with E-state index in [4.69, 9.17) is 21.3 Å². The van der Waals surface area contributed by atoms with Crippen molar-refractivity contribution in [1.29, 1.82) is 0 Å². The first-order chi connectivity index (χ1) is 20.3. The number of fused-ring (bicyclic) bond motifs is 1. The summed E-state index contributed by atoms with van der Waals surface area (Å²) >= 11 is 0. The summed E-state index contributed by atoms with van der Waals surface area (Å²) in [5.41, 5.74) is 14.1. The van der Waals surface area contributed by atoms with Gasteiger partial charge < -0.3 is 26.2 Å². The maximum absolute atomic E-state index is 13.6. The van der Waals surface area contributed by atoms with Gasteiger partial charge >= 0.3 is 5.97 Å². The van der Waals surface area contributed by atoms with Crippen molar-refractivity contribution in [2.45, 2.75) is 69.9 Å². The predicted octanol–water partition coefficient (Wildman–Crippen LogP) is 4.95. The van der Waals surface area contributed by atoms with Crippen molar-refractivity contribution in [3.63, 3.8) is 0 Å². The molecule has 5 N–H and O–H groups in total. The zero-order valence-electron chi connectivity index (χ0n) is 25.5. The van der Waals surface area contributed by atoms with Gasteiger partial charge in [-0.15, -0.1) is 0 Å². The van der Waals surface area contributed by atoms with Crippen molar-refractivity contribution < 1.29 is 18.8 Å². The molecule has 1 aliphatic rings. The van der Waals surface area contributed by atoms with Gasteiger partial charge in [0.05, 0.1) is 33.4 Å². The van der Waals surface area contributed by atoms with Gasteiger partial charge in [0.2, 0.25) is 0 Å². The fourth-order valence-corrected chi connectivity index (χ4v) is 6.02. The number of nitrogens with zero attached hydrogens (tertiary/aromatic N) is 5. The van der Waals surface area contributed by atoms with Crippen LogP contribution in [0.3, 0.4) is 0 Å².